The Morgan fingerprint density at radius 2 is 1.25 bits per heavy atom. The third-order valence-corrected chi connectivity index (χ3v) is 10.4. The maximum absolute atomic E-state index is 5.03. The zero-order valence-corrected chi connectivity index (χ0v) is 26.5. The highest BCUT2D eigenvalue weighted by atomic mass is 32.1. The Labute approximate surface area is 280 Å². The smallest absolute Gasteiger partial charge is 0.159 e. The Hall–Kier alpha value is -6.11. The summed E-state index contributed by atoms with van der Waals surface area (Å²) in [6.07, 6.45) is 1.65. The SMILES string of the molecule is c1ccc(C2=NC(c3ccccc3)NC(c3ccc(-n4c5ccccc5c5c6ccccc6c6c7cccnc7sc6c54)cc3)=N2)cc1. The quantitative estimate of drug-likeness (QED) is 0.210. The summed E-state index contributed by atoms with van der Waals surface area (Å²) in [6.45, 7) is 0. The highest BCUT2D eigenvalue weighted by Gasteiger charge is 2.23. The number of amidine groups is 2. The molecule has 0 amide bonds. The molecule has 4 heterocycles. The standard InChI is InChI=1S/C42H27N5S/c1-3-12-26(13-4-1)39-44-40(27-14-5-2-6-15-27)46-41(45-39)28-21-23-29(24-22-28)47-34-20-10-9-18-32(34)35-30-16-7-8-17-31(30)36-33-19-11-25-43-42(33)48-38(36)37(35)47/h1-25,39H,(H,44,45,46). The van der Waals surface area contributed by atoms with Gasteiger partial charge in [-0.05, 0) is 58.8 Å². The van der Waals surface area contributed by atoms with Crippen LogP contribution in [-0.4, -0.2) is 21.2 Å². The number of aliphatic imine (C=N–C) groups is 2. The van der Waals surface area contributed by atoms with E-state index in [0.717, 1.165) is 38.9 Å². The van der Waals surface area contributed by atoms with Crippen LogP contribution in [0, 0.1) is 0 Å². The lowest BCUT2D eigenvalue weighted by Crippen LogP contribution is -2.33. The lowest BCUT2D eigenvalue weighted by molar-refractivity contribution is 0.674. The van der Waals surface area contributed by atoms with E-state index in [0.29, 0.717) is 0 Å². The molecule has 1 N–H and O–H groups in total. The minimum absolute atomic E-state index is 0.242. The van der Waals surface area contributed by atoms with Crippen LogP contribution in [0.2, 0.25) is 0 Å². The minimum Gasteiger partial charge on any atom is -0.344 e. The van der Waals surface area contributed by atoms with E-state index < -0.39 is 0 Å². The Kier molecular flexibility index (Phi) is 6.04. The summed E-state index contributed by atoms with van der Waals surface area (Å²) in [7, 11) is 0. The van der Waals surface area contributed by atoms with E-state index in [1.165, 1.54) is 48.1 Å². The molecule has 10 rings (SSSR count). The Morgan fingerprint density at radius 1 is 0.583 bits per heavy atom. The number of benzene rings is 6. The van der Waals surface area contributed by atoms with E-state index in [-0.39, 0.29) is 6.17 Å². The maximum atomic E-state index is 5.03. The van der Waals surface area contributed by atoms with E-state index in [4.69, 9.17) is 15.0 Å². The van der Waals surface area contributed by atoms with Crippen LogP contribution in [0.1, 0.15) is 22.9 Å². The summed E-state index contributed by atoms with van der Waals surface area (Å²) < 4.78 is 3.68. The zero-order valence-electron chi connectivity index (χ0n) is 25.7. The molecule has 9 aromatic rings. The van der Waals surface area contributed by atoms with Crippen molar-refractivity contribution in [1.82, 2.24) is 14.9 Å². The number of para-hydroxylation sites is 1. The van der Waals surface area contributed by atoms with Gasteiger partial charge in [-0.3, -0.25) is 0 Å². The number of pyridine rings is 1. The number of hydrogen-bond acceptors (Lipinski definition) is 5. The van der Waals surface area contributed by atoms with Gasteiger partial charge in [0.1, 0.15) is 16.8 Å². The van der Waals surface area contributed by atoms with Crippen LogP contribution >= 0.6 is 11.3 Å². The fourth-order valence-electron chi connectivity index (χ4n) is 7.17. The molecular formula is C42H27N5S. The van der Waals surface area contributed by atoms with Gasteiger partial charge in [0.05, 0.1) is 15.7 Å². The van der Waals surface area contributed by atoms with Gasteiger partial charge in [-0.15, -0.1) is 11.3 Å². The van der Waals surface area contributed by atoms with Crippen molar-refractivity contribution < 1.29 is 0 Å². The van der Waals surface area contributed by atoms with Gasteiger partial charge in [-0.25, -0.2) is 15.0 Å². The largest absolute Gasteiger partial charge is 0.344 e. The van der Waals surface area contributed by atoms with Crippen molar-refractivity contribution in [3.05, 3.63) is 168 Å². The Balaban J connectivity index is 1.18. The summed E-state index contributed by atoms with van der Waals surface area (Å²) in [5.74, 6) is 1.52. The molecule has 0 bridgehead atoms. The molecule has 1 atom stereocenters. The monoisotopic (exact) mass is 633 g/mol. The first kappa shape index (κ1) is 27.0. The molecule has 3 aromatic heterocycles. The van der Waals surface area contributed by atoms with Crippen molar-refractivity contribution >= 4 is 75.9 Å². The van der Waals surface area contributed by atoms with Crippen molar-refractivity contribution in [3.63, 3.8) is 0 Å². The number of hydrogen-bond donors (Lipinski definition) is 1. The van der Waals surface area contributed by atoms with Gasteiger partial charge in [-0.2, -0.15) is 0 Å². The van der Waals surface area contributed by atoms with Gasteiger partial charge in [0.2, 0.25) is 0 Å². The van der Waals surface area contributed by atoms with Gasteiger partial charge in [0, 0.05) is 44.6 Å². The molecule has 1 aliphatic rings. The lowest BCUT2D eigenvalue weighted by Gasteiger charge is -2.23. The molecule has 1 aliphatic heterocycles. The average molecular weight is 634 g/mol. The van der Waals surface area contributed by atoms with Crippen LogP contribution in [-0.2, 0) is 0 Å². The van der Waals surface area contributed by atoms with Crippen LogP contribution in [0.5, 0.6) is 0 Å². The number of aromatic nitrogens is 2. The second-order valence-electron chi connectivity index (χ2n) is 12.1. The van der Waals surface area contributed by atoms with E-state index in [1.54, 1.807) is 11.3 Å². The van der Waals surface area contributed by atoms with Crippen LogP contribution in [0.3, 0.4) is 0 Å². The first-order valence-corrected chi connectivity index (χ1v) is 16.9. The first-order valence-electron chi connectivity index (χ1n) is 16.1. The number of fused-ring (bicyclic) bond motifs is 10. The number of thiophene rings is 1. The van der Waals surface area contributed by atoms with E-state index >= 15 is 0 Å². The Bertz CT molecular complexity index is 2740. The molecule has 0 aliphatic carbocycles. The predicted molar refractivity (Wildman–Crippen MR) is 201 cm³/mol. The van der Waals surface area contributed by atoms with Gasteiger partial charge in [0.15, 0.2) is 5.84 Å². The molecule has 0 fully saturated rings. The van der Waals surface area contributed by atoms with E-state index in [1.807, 2.05) is 48.7 Å². The van der Waals surface area contributed by atoms with Crippen molar-refractivity contribution in [2.45, 2.75) is 6.17 Å². The zero-order chi connectivity index (χ0) is 31.6. The fourth-order valence-corrected chi connectivity index (χ4v) is 8.37. The second kappa shape index (κ2) is 10.7. The number of rotatable bonds is 4. The van der Waals surface area contributed by atoms with Crippen LogP contribution in [0.15, 0.2) is 162 Å². The molecule has 0 saturated heterocycles. The molecular weight excluding hydrogens is 607 g/mol. The first-order chi connectivity index (χ1) is 23.8. The third kappa shape index (κ3) is 4.13. The molecule has 0 radical (unpaired) electrons. The molecule has 1 unspecified atom stereocenters. The molecule has 6 aromatic carbocycles. The normalized spacial score (nSPS) is 14.9. The van der Waals surface area contributed by atoms with Gasteiger partial charge in [-0.1, -0.05) is 103 Å². The molecule has 0 saturated carbocycles. The molecule has 48 heavy (non-hydrogen) atoms. The predicted octanol–water partition coefficient (Wildman–Crippen LogP) is 10.2. The molecule has 5 nitrogen and oxygen atoms in total. The minimum atomic E-state index is -0.242. The highest BCUT2D eigenvalue weighted by molar-refractivity contribution is 7.26. The second-order valence-corrected chi connectivity index (χ2v) is 13.1. The molecule has 6 heteroatoms. The highest BCUT2D eigenvalue weighted by Crippen LogP contribution is 2.47. The topological polar surface area (TPSA) is 54.6 Å². The summed E-state index contributed by atoms with van der Waals surface area (Å²) in [5.41, 5.74) is 6.59. The summed E-state index contributed by atoms with van der Waals surface area (Å²) >= 11 is 1.78. The van der Waals surface area contributed by atoms with E-state index in [9.17, 15) is 0 Å². The summed E-state index contributed by atoms with van der Waals surface area (Å²) in [5, 5.41) is 11.1. The summed E-state index contributed by atoms with van der Waals surface area (Å²) in [4.78, 5) is 15.9. The van der Waals surface area contributed by atoms with Gasteiger partial charge < -0.3 is 9.88 Å². The van der Waals surface area contributed by atoms with Crippen molar-refractivity contribution in [2.75, 3.05) is 0 Å². The Morgan fingerprint density at radius 3 is 2.04 bits per heavy atom. The van der Waals surface area contributed by atoms with E-state index in [2.05, 4.69) is 113 Å². The van der Waals surface area contributed by atoms with Crippen molar-refractivity contribution in [3.8, 4) is 5.69 Å². The van der Waals surface area contributed by atoms with Crippen LogP contribution < -0.4 is 5.32 Å². The average Bonchev–Trinajstić information content (AvgIpc) is 3.73. The fraction of sp³-hybridized carbons (Fsp3) is 0.0238. The molecule has 0 spiro atoms. The van der Waals surface area contributed by atoms with Crippen LogP contribution in [0.4, 0.5) is 0 Å². The molecule has 226 valence electrons. The maximum Gasteiger partial charge on any atom is 0.159 e. The van der Waals surface area contributed by atoms with Gasteiger partial charge >= 0.3 is 0 Å². The number of nitrogens with zero attached hydrogens (tertiary/aromatic N) is 4. The lowest BCUT2D eigenvalue weighted by atomic mass is 9.99. The van der Waals surface area contributed by atoms with Crippen molar-refractivity contribution in [2.24, 2.45) is 9.98 Å². The van der Waals surface area contributed by atoms with Gasteiger partial charge in [0.25, 0.3) is 0 Å². The van der Waals surface area contributed by atoms with Crippen LogP contribution in [0.25, 0.3) is 58.6 Å². The third-order valence-electron chi connectivity index (χ3n) is 9.31. The van der Waals surface area contributed by atoms with Crippen molar-refractivity contribution in [1.29, 1.82) is 0 Å². The summed E-state index contributed by atoms with van der Waals surface area (Å²) in [6, 6.07) is 51.1. The number of nitrogens with one attached hydrogen (secondary N) is 1.